The summed E-state index contributed by atoms with van der Waals surface area (Å²) in [5, 5.41) is 18.6. The highest BCUT2D eigenvalue weighted by Gasteiger charge is 2.26. The van der Waals surface area contributed by atoms with Crippen LogP contribution in [0.15, 0.2) is 41.3 Å². The van der Waals surface area contributed by atoms with Crippen LogP contribution in [0.3, 0.4) is 0 Å². The number of rotatable bonds is 8. The minimum absolute atomic E-state index is 0.0416. The number of benzene rings is 2. The van der Waals surface area contributed by atoms with Gasteiger partial charge in [0.15, 0.2) is 9.84 Å². The number of aromatic carboxylic acids is 1. The molecular formula is C23H28O6S. The van der Waals surface area contributed by atoms with Gasteiger partial charge in [0.25, 0.3) is 0 Å². The van der Waals surface area contributed by atoms with E-state index in [1.807, 2.05) is 13.0 Å². The van der Waals surface area contributed by atoms with E-state index >= 15 is 0 Å². The molecule has 30 heavy (non-hydrogen) atoms. The van der Waals surface area contributed by atoms with Crippen molar-refractivity contribution in [2.75, 3.05) is 12.4 Å². The minimum Gasteiger partial charge on any atom is -0.507 e. The first-order valence-corrected chi connectivity index (χ1v) is 12.0. The van der Waals surface area contributed by atoms with E-state index in [2.05, 4.69) is 0 Å². The fourth-order valence-electron chi connectivity index (χ4n) is 4.16. The molecule has 2 aromatic carbocycles. The van der Waals surface area contributed by atoms with E-state index in [0.717, 1.165) is 36.8 Å². The molecule has 162 valence electrons. The summed E-state index contributed by atoms with van der Waals surface area (Å²) in [6.45, 7) is 2.12. The Labute approximate surface area is 177 Å². The lowest BCUT2D eigenvalue weighted by molar-refractivity contribution is 0.0693. The van der Waals surface area contributed by atoms with Gasteiger partial charge < -0.3 is 14.9 Å². The molecule has 0 unspecified atom stereocenters. The molecule has 2 aromatic rings. The highest BCUT2D eigenvalue weighted by Crippen LogP contribution is 2.38. The standard InChI is InChI=1S/C23H28O6S/c1-16-7-5-10-21(22(16)17-8-3-2-4-9-17)30(27,28)14-6-13-29-18-11-12-20(24)19(15-18)23(25)26/h5,7,10-12,15,17,24H,2-4,6,8-9,13-14H2,1H3,(H,25,26). The second-order valence-electron chi connectivity index (χ2n) is 7.83. The van der Waals surface area contributed by atoms with Crippen molar-refractivity contribution in [1.82, 2.24) is 0 Å². The summed E-state index contributed by atoms with van der Waals surface area (Å²) >= 11 is 0. The molecule has 1 fully saturated rings. The Bertz CT molecular complexity index is 1010. The molecule has 0 aromatic heterocycles. The van der Waals surface area contributed by atoms with Crippen LogP contribution < -0.4 is 4.74 Å². The third-order valence-electron chi connectivity index (χ3n) is 5.66. The van der Waals surface area contributed by atoms with Crippen molar-refractivity contribution in [3.8, 4) is 11.5 Å². The van der Waals surface area contributed by atoms with Crippen molar-refractivity contribution in [3.63, 3.8) is 0 Å². The molecule has 0 heterocycles. The van der Waals surface area contributed by atoms with Crippen molar-refractivity contribution < 1.29 is 28.2 Å². The van der Waals surface area contributed by atoms with Gasteiger partial charge >= 0.3 is 5.97 Å². The van der Waals surface area contributed by atoms with E-state index in [1.54, 1.807) is 12.1 Å². The molecule has 0 atom stereocenters. The molecule has 0 bridgehead atoms. The van der Waals surface area contributed by atoms with Crippen LogP contribution in [0.25, 0.3) is 0 Å². The van der Waals surface area contributed by atoms with Crippen LogP contribution in [-0.4, -0.2) is 37.0 Å². The number of hydrogen-bond donors (Lipinski definition) is 2. The molecule has 7 heteroatoms. The van der Waals surface area contributed by atoms with Crippen LogP contribution in [0, 0.1) is 6.92 Å². The van der Waals surface area contributed by atoms with Gasteiger partial charge in [-0.2, -0.15) is 0 Å². The Hall–Kier alpha value is -2.54. The van der Waals surface area contributed by atoms with Gasteiger partial charge in [-0.05, 0) is 67.5 Å². The zero-order chi connectivity index (χ0) is 21.7. The van der Waals surface area contributed by atoms with E-state index < -0.39 is 15.8 Å². The molecule has 3 rings (SSSR count). The molecule has 0 saturated heterocycles. The average Bonchev–Trinajstić information content (AvgIpc) is 2.72. The molecule has 1 aliphatic carbocycles. The van der Waals surface area contributed by atoms with Gasteiger partial charge in [-0.1, -0.05) is 31.4 Å². The summed E-state index contributed by atoms with van der Waals surface area (Å²) < 4.78 is 31.7. The summed E-state index contributed by atoms with van der Waals surface area (Å²) in [4.78, 5) is 11.5. The van der Waals surface area contributed by atoms with Gasteiger partial charge in [-0.15, -0.1) is 0 Å². The third-order valence-corrected chi connectivity index (χ3v) is 7.51. The van der Waals surface area contributed by atoms with Crippen LogP contribution in [0.1, 0.15) is 65.9 Å². The smallest absolute Gasteiger partial charge is 0.339 e. The summed E-state index contributed by atoms with van der Waals surface area (Å²) in [7, 11) is -3.46. The normalized spacial score (nSPS) is 15.1. The SMILES string of the molecule is Cc1cccc(S(=O)(=O)CCCOc2ccc(O)c(C(=O)O)c2)c1C1CCCCC1. The fraction of sp³-hybridized carbons (Fsp3) is 0.435. The Balaban J connectivity index is 1.67. The van der Waals surface area contributed by atoms with E-state index in [-0.39, 0.29) is 35.8 Å². The Kier molecular flexibility index (Phi) is 7.02. The maximum absolute atomic E-state index is 13.1. The number of ether oxygens (including phenoxy) is 1. The van der Waals surface area contributed by atoms with Crippen LogP contribution in [0.2, 0.25) is 0 Å². The number of hydrogen-bond acceptors (Lipinski definition) is 5. The lowest BCUT2D eigenvalue weighted by Gasteiger charge is -2.26. The number of carboxylic acid groups (broad SMARTS) is 1. The Morgan fingerprint density at radius 3 is 2.57 bits per heavy atom. The quantitative estimate of drug-likeness (QED) is 0.587. The molecule has 1 saturated carbocycles. The number of sulfone groups is 1. The summed E-state index contributed by atoms with van der Waals surface area (Å²) in [6.07, 6.45) is 5.83. The van der Waals surface area contributed by atoms with Crippen LogP contribution in [-0.2, 0) is 9.84 Å². The second kappa shape index (κ2) is 9.51. The maximum atomic E-state index is 13.1. The number of phenols is 1. The Morgan fingerprint density at radius 1 is 1.13 bits per heavy atom. The summed E-state index contributed by atoms with van der Waals surface area (Å²) in [6, 6.07) is 9.43. The topological polar surface area (TPSA) is 101 Å². The zero-order valence-corrected chi connectivity index (χ0v) is 18.0. The molecule has 0 amide bonds. The van der Waals surface area contributed by atoms with Gasteiger partial charge in [0.1, 0.15) is 17.1 Å². The maximum Gasteiger partial charge on any atom is 0.339 e. The van der Waals surface area contributed by atoms with Gasteiger partial charge in [0.05, 0.1) is 17.3 Å². The first-order valence-electron chi connectivity index (χ1n) is 10.3. The van der Waals surface area contributed by atoms with E-state index in [4.69, 9.17) is 9.84 Å². The van der Waals surface area contributed by atoms with Crippen molar-refractivity contribution in [3.05, 3.63) is 53.1 Å². The van der Waals surface area contributed by atoms with Crippen molar-refractivity contribution >= 4 is 15.8 Å². The fourth-order valence-corrected chi connectivity index (χ4v) is 5.83. The molecular weight excluding hydrogens is 404 g/mol. The van der Waals surface area contributed by atoms with Crippen LogP contribution in [0.4, 0.5) is 0 Å². The van der Waals surface area contributed by atoms with Gasteiger partial charge in [0.2, 0.25) is 0 Å². The highest BCUT2D eigenvalue weighted by molar-refractivity contribution is 7.91. The molecule has 2 N–H and O–H groups in total. The van der Waals surface area contributed by atoms with Crippen LogP contribution >= 0.6 is 0 Å². The summed E-state index contributed by atoms with van der Waals surface area (Å²) in [5.41, 5.74) is 1.75. The van der Waals surface area contributed by atoms with Crippen molar-refractivity contribution in [2.24, 2.45) is 0 Å². The van der Waals surface area contributed by atoms with E-state index in [1.165, 1.54) is 24.6 Å². The van der Waals surface area contributed by atoms with Crippen LogP contribution in [0.5, 0.6) is 11.5 Å². The molecule has 0 radical (unpaired) electrons. The van der Waals surface area contributed by atoms with E-state index in [0.29, 0.717) is 10.8 Å². The third kappa shape index (κ3) is 5.14. The van der Waals surface area contributed by atoms with Crippen molar-refractivity contribution in [1.29, 1.82) is 0 Å². The summed E-state index contributed by atoms with van der Waals surface area (Å²) in [5.74, 6) is -1.06. The first-order chi connectivity index (χ1) is 14.3. The molecule has 1 aliphatic rings. The van der Waals surface area contributed by atoms with E-state index in [9.17, 15) is 18.3 Å². The van der Waals surface area contributed by atoms with Gasteiger partial charge in [-0.3, -0.25) is 0 Å². The first kappa shape index (κ1) is 22.2. The average molecular weight is 433 g/mol. The predicted octanol–water partition coefficient (Wildman–Crippen LogP) is 4.69. The number of aromatic hydroxyl groups is 1. The monoisotopic (exact) mass is 432 g/mol. The molecule has 0 spiro atoms. The minimum atomic E-state index is -3.46. The van der Waals surface area contributed by atoms with Gasteiger partial charge in [0, 0.05) is 0 Å². The molecule has 6 nitrogen and oxygen atoms in total. The van der Waals surface area contributed by atoms with Gasteiger partial charge in [-0.25, -0.2) is 13.2 Å². The largest absolute Gasteiger partial charge is 0.507 e. The van der Waals surface area contributed by atoms with Crippen molar-refractivity contribution in [2.45, 2.75) is 56.3 Å². The molecule has 0 aliphatic heterocycles. The highest BCUT2D eigenvalue weighted by atomic mass is 32.2. The number of carbonyl (C=O) groups is 1. The Morgan fingerprint density at radius 2 is 1.87 bits per heavy atom. The number of carboxylic acids is 1. The zero-order valence-electron chi connectivity index (χ0n) is 17.1. The number of aryl methyl sites for hydroxylation is 1. The lowest BCUT2D eigenvalue weighted by atomic mass is 9.82. The predicted molar refractivity (Wildman–Crippen MR) is 114 cm³/mol. The lowest BCUT2D eigenvalue weighted by Crippen LogP contribution is -2.16. The second-order valence-corrected chi connectivity index (χ2v) is 9.90.